The molecule has 1 amide bonds. The third-order valence-electron chi connectivity index (χ3n) is 4.61. The van der Waals surface area contributed by atoms with Crippen LogP contribution in [0.1, 0.15) is 23.8 Å². The second-order valence-corrected chi connectivity index (χ2v) is 8.64. The highest BCUT2D eigenvalue weighted by molar-refractivity contribution is 9.10. The summed E-state index contributed by atoms with van der Waals surface area (Å²) in [4.78, 5) is 27.1. The minimum Gasteiger partial charge on any atom is -0.324 e. The lowest BCUT2D eigenvalue weighted by Gasteiger charge is -2.17. The zero-order valence-electron chi connectivity index (χ0n) is 14.2. The van der Waals surface area contributed by atoms with E-state index in [2.05, 4.69) is 38.5 Å². The Labute approximate surface area is 162 Å². The summed E-state index contributed by atoms with van der Waals surface area (Å²) in [6, 6.07) is 7.25. The van der Waals surface area contributed by atoms with Crippen molar-refractivity contribution in [1.29, 1.82) is 0 Å². The van der Waals surface area contributed by atoms with E-state index in [9.17, 15) is 9.59 Å². The van der Waals surface area contributed by atoms with Crippen molar-refractivity contribution in [1.82, 2.24) is 15.0 Å². The van der Waals surface area contributed by atoms with Gasteiger partial charge in [-0.25, -0.2) is 4.68 Å². The highest BCUT2D eigenvalue weighted by Crippen LogP contribution is 2.35. The number of thiophene rings is 1. The first-order chi connectivity index (χ1) is 12.5. The van der Waals surface area contributed by atoms with Gasteiger partial charge >= 0.3 is 0 Å². The van der Waals surface area contributed by atoms with Crippen molar-refractivity contribution in [3.8, 4) is 0 Å². The van der Waals surface area contributed by atoms with Crippen LogP contribution in [0.25, 0.3) is 10.2 Å². The van der Waals surface area contributed by atoms with Crippen LogP contribution in [0.3, 0.4) is 0 Å². The van der Waals surface area contributed by atoms with Crippen LogP contribution in [-0.4, -0.2) is 20.9 Å². The number of halogens is 1. The largest absolute Gasteiger partial charge is 0.324 e. The van der Waals surface area contributed by atoms with E-state index in [0.717, 1.165) is 34.0 Å². The van der Waals surface area contributed by atoms with Gasteiger partial charge in [-0.05, 0) is 55.0 Å². The van der Waals surface area contributed by atoms with Crippen molar-refractivity contribution in [3.63, 3.8) is 0 Å². The molecule has 4 rings (SSSR count). The number of anilines is 1. The molecule has 1 N–H and O–H groups in total. The van der Waals surface area contributed by atoms with Crippen LogP contribution in [-0.2, 0) is 24.2 Å². The summed E-state index contributed by atoms with van der Waals surface area (Å²) in [5.74, 6) is 0.322. The third kappa shape index (κ3) is 3.31. The Morgan fingerprint density at radius 3 is 2.92 bits per heavy atom. The summed E-state index contributed by atoms with van der Waals surface area (Å²) in [6.07, 6.45) is 2.95. The molecule has 8 heteroatoms. The Balaban J connectivity index is 1.61. The van der Waals surface area contributed by atoms with E-state index in [4.69, 9.17) is 0 Å². The van der Waals surface area contributed by atoms with E-state index in [0.29, 0.717) is 21.8 Å². The van der Waals surface area contributed by atoms with Gasteiger partial charge in [0.2, 0.25) is 5.91 Å². The van der Waals surface area contributed by atoms with Gasteiger partial charge in [0.25, 0.3) is 5.56 Å². The van der Waals surface area contributed by atoms with E-state index in [1.54, 1.807) is 23.5 Å². The monoisotopic (exact) mass is 432 g/mol. The van der Waals surface area contributed by atoms with Gasteiger partial charge < -0.3 is 5.32 Å². The van der Waals surface area contributed by atoms with Crippen LogP contribution in [0, 0.1) is 5.92 Å². The number of carbonyl (C=O) groups is 1. The first-order valence-corrected chi connectivity index (χ1v) is 10.1. The van der Waals surface area contributed by atoms with Crippen molar-refractivity contribution < 1.29 is 4.79 Å². The number of rotatable bonds is 3. The number of benzene rings is 1. The van der Waals surface area contributed by atoms with Crippen molar-refractivity contribution in [2.45, 2.75) is 32.7 Å². The summed E-state index contributed by atoms with van der Waals surface area (Å²) in [6.45, 7) is 2.07. The molecule has 1 atom stereocenters. The van der Waals surface area contributed by atoms with Crippen molar-refractivity contribution in [2.24, 2.45) is 5.92 Å². The van der Waals surface area contributed by atoms with Gasteiger partial charge in [0, 0.05) is 15.0 Å². The smallest absolute Gasteiger partial charge is 0.279 e. The van der Waals surface area contributed by atoms with E-state index in [1.807, 2.05) is 12.1 Å². The average molecular weight is 433 g/mol. The fourth-order valence-corrected chi connectivity index (χ4v) is 4.85. The molecular formula is C18H17BrN4O2S. The molecule has 0 spiro atoms. The fourth-order valence-electron chi connectivity index (χ4n) is 3.26. The Morgan fingerprint density at radius 2 is 2.15 bits per heavy atom. The van der Waals surface area contributed by atoms with Crippen LogP contribution in [0.4, 0.5) is 5.69 Å². The number of hydrogen-bond donors (Lipinski definition) is 1. The first-order valence-electron chi connectivity index (χ1n) is 8.44. The van der Waals surface area contributed by atoms with Crippen molar-refractivity contribution in [3.05, 3.63) is 49.5 Å². The number of nitrogens with one attached hydrogen (secondary N) is 1. The number of fused-ring (bicyclic) bond motifs is 3. The van der Waals surface area contributed by atoms with E-state index >= 15 is 0 Å². The molecule has 1 aliphatic carbocycles. The molecule has 26 heavy (non-hydrogen) atoms. The van der Waals surface area contributed by atoms with E-state index in [1.165, 1.54) is 4.88 Å². The normalized spacial score (nSPS) is 16.5. The maximum absolute atomic E-state index is 12.9. The number of amides is 1. The summed E-state index contributed by atoms with van der Waals surface area (Å²) >= 11 is 4.91. The third-order valence-corrected chi connectivity index (χ3v) is 6.27. The molecular weight excluding hydrogens is 416 g/mol. The van der Waals surface area contributed by atoms with Gasteiger partial charge in [-0.1, -0.05) is 28.1 Å². The zero-order chi connectivity index (χ0) is 18.3. The average Bonchev–Trinajstić information content (AvgIpc) is 2.97. The molecule has 0 saturated carbocycles. The van der Waals surface area contributed by atoms with Crippen LogP contribution in [0.15, 0.2) is 33.5 Å². The first kappa shape index (κ1) is 17.4. The molecule has 0 fully saturated rings. The molecule has 1 unspecified atom stereocenters. The molecule has 2 heterocycles. The zero-order valence-corrected chi connectivity index (χ0v) is 16.6. The van der Waals surface area contributed by atoms with Gasteiger partial charge in [0.15, 0.2) is 4.83 Å². The number of hydrogen-bond acceptors (Lipinski definition) is 5. The van der Waals surface area contributed by atoms with Gasteiger partial charge in [0.1, 0.15) is 6.54 Å². The lowest BCUT2D eigenvalue weighted by atomic mass is 9.89. The maximum atomic E-state index is 12.9. The van der Waals surface area contributed by atoms with Gasteiger partial charge in [-0.2, -0.15) is 0 Å². The number of aryl methyl sites for hydroxylation is 1. The standard InChI is InChI=1S/C18H17BrN4O2S/c1-10-2-7-13-14(8-10)26-17-16(13)18(25)23(22-21-17)9-15(24)20-12-5-3-11(19)4-6-12/h3-6,10H,2,7-9H2,1H3,(H,20,24). The Hall–Kier alpha value is -2.06. The Kier molecular flexibility index (Phi) is 4.62. The molecule has 0 radical (unpaired) electrons. The molecule has 0 bridgehead atoms. The maximum Gasteiger partial charge on any atom is 0.279 e. The highest BCUT2D eigenvalue weighted by atomic mass is 79.9. The van der Waals surface area contributed by atoms with Crippen LogP contribution in [0.2, 0.25) is 0 Å². The van der Waals surface area contributed by atoms with Crippen LogP contribution < -0.4 is 10.9 Å². The van der Waals surface area contributed by atoms with Gasteiger partial charge in [-0.15, -0.1) is 16.4 Å². The lowest BCUT2D eigenvalue weighted by molar-refractivity contribution is -0.117. The fraction of sp³-hybridized carbons (Fsp3) is 0.333. The molecule has 1 aromatic carbocycles. The van der Waals surface area contributed by atoms with Gasteiger partial charge in [-0.3, -0.25) is 9.59 Å². The molecule has 1 aliphatic rings. The van der Waals surface area contributed by atoms with E-state index < -0.39 is 0 Å². The number of aromatic nitrogens is 3. The minimum atomic E-state index is -0.305. The SMILES string of the molecule is CC1CCc2c(sc3nnn(CC(=O)Nc4ccc(Br)cc4)c(=O)c23)C1. The molecule has 2 aromatic heterocycles. The second-order valence-electron chi connectivity index (χ2n) is 6.64. The summed E-state index contributed by atoms with van der Waals surface area (Å²) in [5, 5.41) is 11.6. The van der Waals surface area contributed by atoms with Crippen LogP contribution >= 0.6 is 27.3 Å². The van der Waals surface area contributed by atoms with E-state index in [-0.39, 0.29) is 18.0 Å². The van der Waals surface area contributed by atoms with Crippen molar-refractivity contribution in [2.75, 3.05) is 5.32 Å². The number of nitrogens with zero attached hydrogens (tertiary/aromatic N) is 3. The minimum absolute atomic E-state index is 0.154. The summed E-state index contributed by atoms with van der Waals surface area (Å²) < 4.78 is 2.08. The molecule has 6 nitrogen and oxygen atoms in total. The predicted molar refractivity (Wildman–Crippen MR) is 106 cm³/mol. The molecule has 0 aliphatic heterocycles. The molecule has 0 saturated heterocycles. The quantitative estimate of drug-likeness (QED) is 0.687. The summed E-state index contributed by atoms with van der Waals surface area (Å²) in [5.41, 5.74) is 1.54. The van der Waals surface area contributed by atoms with Gasteiger partial charge in [0.05, 0.1) is 5.39 Å². The number of carbonyl (C=O) groups excluding carboxylic acids is 1. The van der Waals surface area contributed by atoms with Crippen molar-refractivity contribution >= 4 is 49.1 Å². The second kappa shape index (κ2) is 6.92. The topological polar surface area (TPSA) is 76.9 Å². The molecule has 3 aromatic rings. The Morgan fingerprint density at radius 1 is 1.38 bits per heavy atom. The lowest BCUT2D eigenvalue weighted by Crippen LogP contribution is -2.30. The molecule has 134 valence electrons. The van der Waals surface area contributed by atoms with Crippen LogP contribution in [0.5, 0.6) is 0 Å². The predicted octanol–water partition coefficient (Wildman–Crippen LogP) is 3.38. The highest BCUT2D eigenvalue weighted by Gasteiger charge is 2.24. The Bertz CT molecular complexity index is 1040. The summed E-state index contributed by atoms with van der Waals surface area (Å²) in [7, 11) is 0.